The Kier molecular flexibility index (Phi) is 1.12. The van der Waals surface area contributed by atoms with Crippen molar-refractivity contribution in [1.29, 1.82) is 0 Å². The van der Waals surface area contributed by atoms with Gasteiger partial charge in [-0.1, -0.05) is 0 Å². The van der Waals surface area contributed by atoms with Gasteiger partial charge in [0, 0.05) is 23.5 Å². The van der Waals surface area contributed by atoms with E-state index in [4.69, 9.17) is 5.84 Å². The lowest BCUT2D eigenvalue weighted by Gasteiger charge is -1.96. The van der Waals surface area contributed by atoms with E-state index in [1.807, 2.05) is 25.3 Å². The molecule has 0 spiro atoms. The maximum Gasteiger partial charge on any atom is 0.0724 e. The largest absolute Gasteiger partial charge is 0.339 e. The van der Waals surface area contributed by atoms with Gasteiger partial charge in [-0.15, -0.1) is 0 Å². The quantitative estimate of drug-likeness (QED) is 0.566. The minimum atomic E-state index is 1.03. The Labute approximate surface area is 64.4 Å². The second kappa shape index (κ2) is 1.99. The van der Waals surface area contributed by atoms with Crippen LogP contribution >= 0.6 is 0 Å². The summed E-state index contributed by atoms with van der Waals surface area (Å²) >= 11 is 0. The van der Waals surface area contributed by atoms with E-state index in [9.17, 15) is 0 Å². The van der Waals surface area contributed by atoms with E-state index >= 15 is 0 Å². The molecule has 0 bridgehead atoms. The Balaban J connectivity index is 2.92. The average Bonchev–Trinajstić information content (AvgIpc) is 2.30. The molecule has 0 aliphatic carbocycles. The molecule has 3 heteroatoms. The van der Waals surface area contributed by atoms with Gasteiger partial charge in [0.05, 0.1) is 5.52 Å². The minimum absolute atomic E-state index is 1.03. The predicted molar refractivity (Wildman–Crippen MR) is 44.6 cm³/mol. The van der Waals surface area contributed by atoms with E-state index < -0.39 is 0 Å². The van der Waals surface area contributed by atoms with E-state index in [1.165, 1.54) is 0 Å². The molecule has 2 aromatic rings. The zero-order valence-electron chi connectivity index (χ0n) is 6.28. The number of nitrogens with two attached hydrogens (primary N) is 1. The van der Waals surface area contributed by atoms with E-state index in [1.54, 1.807) is 10.9 Å². The highest BCUT2D eigenvalue weighted by Crippen LogP contribution is 2.14. The monoisotopic (exact) mass is 147 g/mol. The van der Waals surface area contributed by atoms with Gasteiger partial charge in [0.15, 0.2) is 0 Å². The molecule has 0 aliphatic heterocycles. The Bertz CT molecular complexity index is 389. The molecule has 0 atom stereocenters. The Morgan fingerprint density at radius 1 is 1.55 bits per heavy atom. The molecule has 11 heavy (non-hydrogen) atoms. The number of hydrogen-bond donors (Lipinski definition) is 1. The minimum Gasteiger partial charge on any atom is -0.339 e. The van der Waals surface area contributed by atoms with Crippen molar-refractivity contribution in [3.63, 3.8) is 0 Å². The maximum absolute atomic E-state index is 5.73. The Morgan fingerprint density at radius 3 is 3.09 bits per heavy atom. The first-order chi connectivity index (χ1) is 5.29. The van der Waals surface area contributed by atoms with Crippen LogP contribution in [0.2, 0.25) is 0 Å². The summed E-state index contributed by atoms with van der Waals surface area (Å²) in [4.78, 5) is 4.00. The van der Waals surface area contributed by atoms with Crippen LogP contribution in [0, 0.1) is 6.92 Å². The fraction of sp³-hybridized carbons (Fsp3) is 0.125. The maximum atomic E-state index is 5.73. The van der Waals surface area contributed by atoms with Crippen molar-refractivity contribution in [3.8, 4) is 0 Å². The number of nitrogens with zero attached hydrogens (tertiary/aromatic N) is 2. The summed E-state index contributed by atoms with van der Waals surface area (Å²) in [5.74, 6) is 5.73. The molecule has 0 aromatic carbocycles. The van der Waals surface area contributed by atoms with E-state index in [0.717, 1.165) is 16.6 Å². The van der Waals surface area contributed by atoms with Crippen molar-refractivity contribution in [2.24, 2.45) is 0 Å². The molecule has 2 N–H and O–H groups in total. The van der Waals surface area contributed by atoms with Crippen molar-refractivity contribution >= 4 is 10.9 Å². The fourth-order valence-corrected chi connectivity index (χ4v) is 1.21. The van der Waals surface area contributed by atoms with Crippen molar-refractivity contribution in [3.05, 3.63) is 30.2 Å². The molecule has 0 fully saturated rings. The second-order valence-corrected chi connectivity index (χ2v) is 2.59. The van der Waals surface area contributed by atoms with Crippen LogP contribution in [0.25, 0.3) is 10.9 Å². The Morgan fingerprint density at radius 2 is 2.36 bits per heavy atom. The molecule has 3 nitrogen and oxygen atoms in total. The summed E-state index contributed by atoms with van der Waals surface area (Å²) in [6.45, 7) is 1.97. The lowest BCUT2D eigenvalue weighted by atomic mass is 10.3. The summed E-state index contributed by atoms with van der Waals surface area (Å²) in [7, 11) is 0. The average molecular weight is 147 g/mol. The van der Waals surface area contributed by atoms with E-state index in [-0.39, 0.29) is 0 Å². The highest BCUT2D eigenvalue weighted by Gasteiger charge is 1.99. The molecule has 0 saturated heterocycles. The van der Waals surface area contributed by atoms with Gasteiger partial charge in [-0.25, -0.2) is 0 Å². The molecular formula is C8H9N3. The third kappa shape index (κ3) is 0.774. The first-order valence-electron chi connectivity index (χ1n) is 3.46. The third-order valence-corrected chi connectivity index (χ3v) is 1.83. The zero-order chi connectivity index (χ0) is 7.84. The number of pyridine rings is 1. The van der Waals surface area contributed by atoms with Crippen LogP contribution in [0.5, 0.6) is 0 Å². The zero-order valence-corrected chi connectivity index (χ0v) is 6.28. The smallest absolute Gasteiger partial charge is 0.0724 e. The standard InChI is InChI=1S/C8H9N3/c1-6-4-7-5-10-3-2-8(7)11(6)9/h2-5H,9H2,1H3. The van der Waals surface area contributed by atoms with Crippen LogP contribution in [-0.4, -0.2) is 9.66 Å². The van der Waals surface area contributed by atoms with Crippen LogP contribution in [-0.2, 0) is 0 Å². The molecule has 2 aromatic heterocycles. The lowest BCUT2D eigenvalue weighted by molar-refractivity contribution is 0.999. The lowest BCUT2D eigenvalue weighted by Crippen LogP contribution is -2.08. The third-order valence-electron chi connectivity index (χ3n) is 1.83. The van der Waals surface area contributed by atoms with Crippen molar-refractivity contribution < 1.29 is 0 Å². The van der Waals surface area contributed by atoms with Gasteiger partial charge in [0.2, 0.25) is 0 Å². The van der Waals surface area contributed by atoms with Crippen LogP contribution < -0.4 is 5.84 Å². The fourth-order valence-electron chi connectivity index (χ4n) is 1.21. The summed E-state index contributed by atoms with van der Waals surface area (Å²) in [5, 5.41) is 1.09. The number of nitrogen functional groups attached to an aromatic ring is 1. The Hall–Kier alpha value is -1.51. The summed E-state index contributed by atoms with van der Waals surface area (Å²) in [6.07, 6.45) is 3.55. The van der Waals surface area contributed by atoms with Crippen LogP contribution in [0.15, 0.2) is 24.5 Å². The molecular weight excluding hydrogens is 138 g/mol. The summed E-state index contributed by atoms with van der Waals surface area (Å²) in [5.41, 5.74) is 2.07. The van der Waals surface area contributed by atoms with E-state index in [2.05, 4.69) is 4.98 Å². The highest BCUT2D eigenvalue weighted by atomic mass is 15.3. The molecule has 2 rings (SSSR count). The van der Waals surface area contributed by atoms with Gasteiger partial charge in [0.25, 0.3) is 0 Å². The van der Waals surface area contributed by atoms with Crippen LogP contribution in [0.4, 0.5) is 0 Å². The van der Waals surface area contributed by atoms with Gasteiger partial charge in [-0.05, 0) is 19.1 Å². The first-order valence-corrected chi connectivity index (χ1v) is 3.46. The number of hydrogen-bond acceptors (Lipinski definition) is 2. The topological polar surface area (TPSA) is 43.8 Å². The van der Waals surface area contributed by atoms with Gasteiger partial charge >= 0.3 is 0 Å². The summed E-state index contributed by atoms with van der Waals surface area (Å²) in [6, 6.07) is 3.92. The first kappa shape index (κ1) is 6.22. The summed E-state index contributed by atoms with van der Waals surface area (Å²) < 4.78 is 1.66. The SMILES string of the molecule is Cc1cc2cnccc2n1N. The van der Waals surface area contributed by atoms with E-state index in [0.29, 0.717) is 0 Å². The highest BCUT2D eigenvalue weighted by molar-refractivity contribution is 5.80. The molecule has 0 radical (unpaired) electrons. The number of rotatable bonds is 0. The van der Waals surface area contributed by atoms with Gasteiger partial charge in [-0.2, -0.15) is 0 Å². The van der Waals surface area contributed by atoms with Gasteiger partial charge in [0.1, 0.15) is 0 Å². The van der Waals surface area contributed by atoms with Gasteiger partial charge in [-0.3, -0.25) is 9.66 Å². The molecule has 0 aliphatic rings. The van der Waals surface area contributed by atoms with Crippen molar-refractivity contribution in [1.82, 2.24) is 9.66 Å². The molecule has 0 unspecified atom stereocenters. The van der Waals surface area contributed by atoms with Gasteiger partial charge < -0.3 is 5.84 Å². The molecule has 0 amide bonds. The molecule has 56 valence electrons. The molecule has 2 heterocycles. The van der Waals surface area contributed by atoms with Crippen LogP contribution in [0.1, 0.15) is 5.69 Å². The number of fused-ring (bicyclic) bond motifs is 1. The predicted octanol–water partition coefficient (Wildman–Crippen LogP) is 1.06. The number of aryl methyl sites for hydroxylation is 1. The van der Waals surface area contributed by atoms with Crippen molar-refractivity contribution in [2.45, 2.75) is 6.92 Å². The van der Waals surface area contributed by atoms with Crippen LogP contribution in [0.3, 0.4) is 0 Å². The second-order valence-electron chi connectivity index (χ2n) is 2.59. The number of aromatic nitrogens is 2. The van der Waals surface area contributed by atoms with Crippen molar-refractivity contribution in [2.75, 3.05) is 5.84 Å². The normalized spacial score (nSPS) is 10.6. The molecule has 0 saturated carbocycles.